The number of carbonyl (C=O) groups is 1. The van der Waals surface area contributed by atoms with Crippen LogP contribution in [-0.2, 0) is 0 Å². The van der Waals surface area contributed by atoms with Gasteiger partial charge in [0.1, 0.15) is 0 Å². The standard InChI is InChI=1S/C18H26N2O3/c1-19-11-5-8-14(19)15-9-6-12-20(15)18(21)13-7-4-10-16(22-2)17(13)23-3/h4,7,10,14-15H,5-6,8-9,11-12H2,1-3H3/t14-,15-/m1/s1. The van der Waals surface area contributed by atoms with E-state index in [-0.39, 0.29) is 5.91 Å². The highest BCUT2D eigenvalue weighted by Crippen LogP contribution is 2.35. The van der Waals surface area contributed by atoms with Crippen molar-refractivity contribution in [3.05, 3.63) is 23.8 Å². The first-order chi connectivity index (χ1) is 11.2. The van der Waals surface area contributed by atoms with Crippen molar-refractivity contribution >= 4 is 5.91 Å². The molecule has 1 aromatic rings. The molecule has 1 aromatic carbocycles. The summed E-state index contributed by atoms with van der Waals surface area (Å²) >= 11 is 0. The maximum Gasteiger partial charge on any atom is 0.258 e. The lowest BCUT2D eigenvalue weighted by Gasteiger charge is -2.33. The highest BCUT2D eigenvalue weighted by Gasteiger charge is 2.39. The van der Waals surface area contributed by atoms with E-state index in [1.54, 1.807) is 14.2 Å². The quantitative estimate of drug-likeness (QED) is 0.855. The molecule has 0 N–H and O–H groups in total. The molecule has 0 aromatic heterocycles. The summed E-state index contributed by atoms with van der Waals surface area (Å²) < 4.78 is 10.8. The molecule has 2 atom stereocenters. The number of amides is 1. The second-order valence-electron chi connectivity index (χ2n) is 6.44. The van der Waals surface area contributed by atoms with Crippen molar-refractivity contribution in [2.45, 2.75) is 37.8 Å². The van der Waals surface area contributed by atoms with E-state index in [0.717, 1.165) is 25.9 Å². The largest absolute Gasteiger partial charge is 0.493 e. The van der Waals surface area contributed by atoms with Gasteiger partial charge in [-0.25, -0.2) is 0 Å². The van der Waals surface area contributed by atoms with E-state index in [0.29, 0.717) is 29.1 Å². The Labute approximate surface area is 138 Å². The zero-order valence-electron chi connectivity index (χ0n) is 14.2. The molecular weight excluding hydrogens is 292 g/mol. The predicted molar refractivity (Wildman–Crippen MR) is 89.3 cm³/mol. The van der Waals surface area contributed by atoms with Crippen LogP contribution in [0.4, 0.5) is 0 Å². The lowest BCUT2D eigenvalue weighted by molar-refractivity contribution is 0.0660. The summed E-state index contributed by atoms with van der Waals surface area (Å²) in [6.45, 7) is 1.96. The Morgan fingerprint density at radius 3 is 2.48 bits per heavy atom. The van der Waals surface area contributed by atoms with E-state index in [1.165, 1.54) is 12.8 Å². The van der Waals surface area contributed by atoms with Crippen LogP contribution < -0.4 is 9.47 Å². The summed E-state index contributed by atoms with van der Waals surface area (Å²) in [6, 6.07) is 6.30. The summed E-state index contributed by atoms with van der Waals surface area (Å²) in [6.07, 6.45) is 4.57. The van der Waals surface area contributed by atoms with Crippen molar-refractivity contribution in [3.63, 3.8) is 0 Å². The van der Waals surface area contributed by atoms with Gasteiger partial charge in [-0.3, -0.25) is 4.79 Å². The number of carbonyl (C=O) groups excluding carboxylic acids is 1. The summed E-state index contributed by atoms with van der Waals surface area (Å²) in [5, 5.41) is 0. The van der Waals surface area contributed by atoms with Gasteiger partial charge in [-0.2, -0.15) is 0 Å². The molecule has 1 amide bonds. The number of ether oxygens (including phenoxy) is 2. The van der Waals surface area contributed by atoms with Crippen LogP contribution in [0.1, 0.15) is 36.0 Å². The van der Waals surface area contributed by atoms with E-state index in [1.807, 2.05) is 23.1 Å². The van der Waals surface area contributed by atoms with Crippen LogP contribution in [0.25, 0.3) is 0 Å². The van der Waals surface area contributed by atoms with Gasteiger partial charge in [0.2, 0.25) is 0 Å². The number of hydrogen-bond donors (Lipinski definition) is 0. The van der Waals surface area contributed by atoms with Crippen LogP contribution in [0.2, 0.25) is 0 Å². The summed E-state index contributed by atoms with van der Waals surface area (Å²) in [7, 11) is 5.35. The predicted octanol–water partition coefficient (Wildman–Crippen LogP) is 2.40. The van der Waals surface area contributed by atoms with E-state index >= 15 is 0 Å². The fraction of sp³-hybridized carbons (Fsp3) is 0.611. The molecule has 0 spiro atoms. The number of likely N-dealkylation sites (tertiary alicyclic amines) is 2. The molecular formula is C18H26N2O3. The Balaban J connectivity index is 1.87. The smallest absolute Gasteiger partial charge is 0.258 e. The van der Waals surface area contributed by atoms with Crippen molar-refractivity contribution in [2.75, 3.05) is 34.4 Å². The molecule has 0 bridgehead atoms. The van der Waals surface area contributed by atoms with E-state index in [9.17, 15) is 4.79 Å². The molecule has 23 heavy (non-hydrogen) atoms. The zero-order chi connectivity index (χ0) is 16.4. The Hall–Kier alpha value is -1.75. The number of rotatable bonds is 4. The van der Waals surface area contributed by atoms with Crippen LogP contribution in [0.3, 0.4) is 0 Å². The maximum absolute atomic E-state index is 13.1. The number of para-hydroxylation sites is 1. The van der Waals surface area contributed by atoms with E-state index in [2.05, 4.69) is 11.9 Å². The molecule has 126 valence electrons. The van der Waals surface area contributed by atoms with Gasteiger partial charge in [0.15, 0.2) is 11.5 Å². The maximum atomic E-state index is 13.1. The Bertz CT molecular complexity index is 575. The van der Waals surface area contributed by atoms with Crippen molar-refractivity contribution < 1.29 is 14.3 Å². The summed E-state index contributed by atoms with van der Waals surface area (Å²) in [5.74, 6) is 1.20. The molecule has 0 radical (unpaired) electrons. The molecule has 2 heterocycles. The SMILES string of the molecule is COc1cccc(C(=O)N2CCC[C@@H]2[C@H]2CCCN2C)c1OC. The van der Waals surface area contributed by atoms with Crippen molar-refractivity contribution in [1.29, 1.82) is 0 Å². The Kier molecular flexibility index (Phi) is 4.76. The van der Waals surface area contributed by atoms with Gasteiger partial charge in [-0.05, 0) is 51.4 Å². The third kappa shape index (κ3) is 2.90. The van der Waals surface area contributed by atoms with Gasteiger partial charge in [0.05, 0.1) is 19.8 Å². The monoisotopic (exact) mass is 318 g/mol. The van der Waals surface area contributed by atoms with Crippen LogP contribution >= 0.6 is 0 Å². The third-order valence-electron chi connectivity index (χ3n) is 5.21. The number of benzene rings is 1. The molecule has 2 aliphatic rings. The molecule has 5 nitrogen and oxygen atoms in total. The van der Waals surface area contributed by atoms with Gasteiger partial charge in [-0.15, -0.1) is 0 Å². The minimum absolute atomic E-state index is 0.0588. The lowest BCUT2D eigenvalue weighted by Crippen LogP contribution is -2.47. The van der Waals surface area contributed by atoms with Gasteiger partial charge in [0, 0.05) is 18.6 Å². The average Bonchev–Trinajstić information content (AvgIpc) is 3.21. The van der Waals surface area contributed by atoms with Gasteiger partial charge in [-0.1, -0.05) is 6.07 Å². The molecule has 0 unspecified atom stereocenters. The molecule has 2 saturated heterocycles. The number of methoxy groups -OCH3 is 2. The van der Waals surface area contributed by atoms with Crippen LogP contribution in [0.15, 0.2) is 18.2 Å². The second kappa shape index (κ2) is 6.79. The summed E-state index contributed by atoms with van der Waals surface area (Å²) in [5.41, 5.74) is 0.597. The first-order valence-electron chi connectivity index (χ1n) is 8.39. The van der Waals surface area contributed by atoms with E-state index in [4.69, 9.17) is 9.47 Å². The highest BCUT2D eigenvalue weighted by atomic mass is 16.5. The normalized spacial score (nSPS) is 24.9. The Morgan fingerprint density at radius 1 is 1.09 bits per heavy atom. The lowest BCUT2D eigenvalue weighted by atomic mass is 10.0. The van der Waals surface area contributed by atoms with Crippen molar-refractivity contribution in [2.24, 2.45) is 0 Å². The number of nitrogens with zero attached hydrogens (tertiary/aromatic N) is 2. The number of hydrogen-bond acceptors (Lipinski definition) is 4. The molecule has 3 rings (SSSR count). The molecule has 2 fully saturated rings. The van der Waals surface area contributed by atoms with Crippen molar-refractivity contribution in [1.82, 2.24) is 9.80 Å². The van der Waals surface area contributed by atoms with Crippen LogP contribution in [0.5, 0.6) is 11.5 Å². The topological polar surface area (TPSA) is 42.0 Å². The Morgan fingerprint density at radius 2 is 1.83 bits per heavy atom. The molecule has 5 heteroatoms. The van der Waals surface area contributed by atoms with Crippen LogP contribution in [-0.4, -0.2) is 62.1 Å². The van der Waals surface area contributed by atoms with E-state index < -0.39 is 0 Å². The number of likely N-dealkylation sites (N-methyl/N-ethyl adjacent to an activating group) is 1. The molecule has 0 aliphatic carbocycles. The van der Waals surface area contributed by atoms with Gasteiger partial charge >= 0.3 is 0 Å². The van der Waals surface area contributed by atoms with Crippen molar-refractivity contribution in [3.8, 4) is 11.5 Å². The second-order valence-corrected chi connectivity index (χ2v) is 6.44. The fourth-order valence-corrected chi connectivity index (χ4v) is 4.08. The van der Waals surface area contributed by atoms with Crippen LogP contribution in [0, 0.1) is 0 Å². The van der Waals surface area contributed by atoms with Gasteiger partial charge in [0.25, 0.3) is 5.91 Å². The average molecular weight is 318 g/mol. The first kappa shape index (κ1) is 16.1. The highest BCUT2D eigenvalue weighted by molar-refractivity contribution is 5.98. The fourth-order valence-electron chi connectivity index (χ4n) is 4.08. The van der Waals surface area contributed by atoms with Gasteiger partial charge < -0.3 is 19.3 Å². The minimum Gasteiger partial charge on any atom is -0.493 e. The third-order valence-corrected chi connectivity index (χ3v) is 5.21. The minimum atomic E-state index is 0.0588. The molecule has 0 saturated carbocycles. The summed E-state index contributed by atoms with van der Waals surface area (Å²) in [4.78, 5) is 17.6. The first-order valence-corrected chi connectivity index (χ1v) is 8.39. The molecule has 2 aliphatic heterocycles. The zero-order valence-corrected chi connectivity index (χ0v) is 14.2.